The number of hydrogen-bond donors (Lipinski definition) is 2. The number of amides is 2. The summed E-state index contributed by atoms with van der Waals surface area (Å²) in [6.45, 7) is 7.49. The summed E-state index contributed by atoms with van der Waals surface area (Å²) in [7, 11) is 0. The Kier molecular flexibility index (Phi) is 6.32. The van der Waals surface area contributed by atoms with E-state index in [0.717, 1.165) is 24.5 Å². The van der Waals surface area contributed by atoms with Crippen LogP contribution in [0.4, 0.5) is 10.6 Å². The van der Waals surface area contributed by atoms with Gasteiger partial charge in [0, 0.05) is 37.8 Å². The number of pyridine rings is 1. The molecule has 5 nitrogen and oxygen atoms in total. The number of rotatable bonds is 6. The van der Waals surface area contributed by atoms with Crippen LogP contribution in [0.2, 0.25) is 0 Å². The first-order valence-corrected chi connectivity index (χ1v) is 9.82. The molecule has 2 aromatic rings. The Balaban J connectivity index is 1.49. The van der Waals surface area contributed by atoms with E-state index in [1.807, 2.05) is 30.5 Å². The summed E-state index contributed by atoms with van der Waals surface area (Å²) < 4.78 is 0. The van der Waals surface area contributed by atoms with Crippen molar-refractivity contribution in [2.24, 2.45) is 0 Å². The number of benzene rings is 1. The predicted molar refractivity (Wildman–Crippen MR) is 110 cm³/mol. The van der Waals surface area contributed by atoms with Crippen LogP contribution < -0.4 is 15.5 Å². The van der Waals surface area contributed by atoms with Gasteiger partial charge in [0.05, 0.1) is 0 Å². The van der Waals surface area contributed by atoms with Crippen molar-refractivity contribution < 1.29 is 4.79 Å². The normalized spacial score (nSPS) is 14.7. The quantitative estimate of drug-likeness (QED) is 0.816. The van der Waals surface area contributed by atoms with Crippen LogP contribution in [0.1, 0.15) is 44.2 Å². The number of aromatic nitrogens is 1. The van der Waals surface area contributed by atoms with Crippen molar-refractivity contribution in [1.29, 1.82) is 0 Å². The third kappa shape index (κ3) is 5.46. The van der Waals surface area contributed by atoms with Gasteiger partial charge in [0.25, 0.3) is 0 Å². The van der Waals surface area contributed by atoms with Crippen molar-refractivity contribution in [3.8, 4) is 0 Å². The molecule has 144 valence electrons. The second-order valence-electron chi connectivity index (χ2n) is 7.86. The summed E-state index contributed by atoms with van der Waals surface area (Å²) in [6.07, 6.45) is 5.59. The van der Waals surface area contributed by atoms with Crippen LogP contribution in [0.3, 0.4) is 0 Å². The number of nitrogens with one attached hydrogen (secondary N) is 2. The molecule has 1 aliphatic rings. The van der Waals surface area contributed by atoms with Gasteiger partial charge >= 0.3 is 6.03 Å². The standard InChI is InChI=1S/C22H30N4O/c1-22(2,19-9-5-3-6-10-19)17-25-21(27)24-16-18-11-12-23-20(15-18)26-13-7-4-8-14-26/h3,5-6,9-12,15H,4,7-8,13-14,16-17H2,1-2H3,(H2,24,25,27). The van der Waals surface area contributed by atoms with E-state index < -0.39 is 0 Å². The molecule has 2 N–H and O–H groups in total. The number of piperidine rings is 1. The van der Waals surface area contributed by atoms with E-state index in [1.165, 1.54) is 24.8 Å². The van der Waals surface area contributed by atoms with Crippen LogP contribution >= 0.6 is 0 Å². The van der Waals surface area contributed by atoms with Crippen LogP contribution in [-0.4, -0.2) is 30.6 Å². The van der Waals surface area contributed by atoms with Crippen LogP contribution in [0.25, 0.3) is 0 Å². The highest BCUT2D eigenvalue weighted by atomic mass is 16.2. The Bertz CT molecular complexity index is 739. The summed E-state index contributed by atoms with van der Waals surface area (Å²) in [5.41, 5.74) is 2.17. The second kappa shape index (κ2) is 8.89. The summed E-state index contributed by atoms with van der Waals surface area (Å²) in [5.74, 6) is 1.01. The predicted octanol–water partition coefficient (Wildman–Crippen LogP) is 3.85. The highest BCUT2D eigenvalue weighted by molar-refractivity contribution is 5.74. The van der Waals surface area contributed by atoms with Crippen LogP contribution in [0.5, 0.6) is 0 Å². The molecule has 27 heavy (non-hydrogen) atoms. The molecule has 1 aliphatic heterocycles. The van der Waals surface area contributed by atoms with Gasteiger partial charge in [-0.1, -0.05) is 44.2 Å². The largest absolute Gasteiger partial charge is 0.357 e. The lowest BCUT2D eigenvalue weighted by molar-refractivity contribution is 0.238. The van der Waals surface area contributed by atoms with E-state index in [1.54, 1.807) is 0 Å². The summed E-state index contributed by atoms with van der Waals surface area (Å²) in [4.78, 5) is 19.1. The number of carbonyl (C=O) groups is 1. The molecule has 0 saturated carbocycles. The van der Waals surface area contributed by atoms with Crippen molar-refractivity contribution in [3.05, 3.63) is 59.8 Å². The Hall–Kier alpha value is -2.56. The van der Waals surface area contributed by atoms with Gasteiger partial charge in [-0.3, -0.25) is 0 Å². The average Bonchev–Trinajstić information content (AvgIpc) is 2.72. The molecule has 0 bridgehead atoms. The topological polar surface area (TPSA) is 57.3 Å². The second-order valence-corrected chi connectivity index (χ2v) is 7.86. The van der Waals surface area contributed by atoms with E-state index >= 15 is 0 Å². The summed E-state index contributed by atoms with van der Waals surface area (Å²) >= 11 is 0. The highest BCUT2D eigenvalue weighted by Gasteiger charge is 2.21. The molecule has 2 amide bonds. The number of nitrogens with zero attached hydrogens (tertiary/aromatic N) is 2. The zero-order chi connectivity index (χ0) is 19.1. The molecule has 1 fully saturated rings. The minimum absolute atomic E-state index is 0.114. The Morgan fingerprint density at radius 1 is 1.07 bits per heavy atom. The van der Waals surface area contributed by atoms with Gasteiger partial charge in [-0.2, -0.15) is 0 Å². The highest BCUT2D eigenvalue weighted by Crippen LogP contribution is 2.21. The lowest BCUT2D eigenvalue weighted by Crippen LogP contribution is -2.42. The number of hydrogen-bond acceptors (Lipinski definition) is 3. The Morgan fingerprint density at radius 3 is 2.56 bits per heavy atom. The maximum atomic E-state index is 12.2. The Morgan fingerprint density at radius 2 is 1.81 bits per heavy atom. The van der Waals surface area contributed by atoms with Gasteiger partial charge in [-0.05, 0) is 42.5 Å². The van der Waals surface area contributed by atoms with Crippen molar-refractivity contribution in [3.63, 3.8) is 0 Å². The monoisotopic (exact) mass is 366 g/mol. The van der Waals surface area contributed by atoms with Crippen molar-refractivity contribution in [2.45, 2.75) is 45.1 Å². The third-order valence-corrected chi connectivity index (χ3v) is 5.19. The lowest BCUT2D eigenvalue weighted by atomic mass is 9.85. The molecule has 5 heteroatoms. The third-order valence-electron chi connectivity index (χ3n) is 5.19. The summed E-state index contributed by atoms with van der Waals surface area (Å²) in [5, 5.41) is 5.95. The van der Waals surface area contributed by atoms with E-state index in [9.17, 15) is 4.79 Å². The molecule has 0 radical (unpaired) electrons. The molecule has 1 aromatic heterocycles. The Labute approximate surface area is 162 Å². The maximum absolute atomic E-state index is 12.2. The van der Waals surface area contributed by atoms with Crippen LogP contribution in [0.15, 0.2) is 48.7 Å². The zero-order valence-corrected chi connectivity index (χ0v) is 16.4. The van der Waals surface area contributed by atoms with Crippen LogP contribution in [0, 0.1) is 0 Å². The van der Waals surface area contributed by atoms with E-state index in [2.05, 4.69) is 52.6 Å². The van der Waals surface area contributed by atoms with Gasteiger partial charge in [-0.15, -0.1) is 0 Å². The maximum Gasteiger partial charge on any atom is 0.315 e. The zero-order valence-electron chi connectivity index (χ0n) is 16.4. The fourth-order valence-electron chi connectivity index (χ4n) is 3.40. The molecular formula is C22H30N4O. The molecule has 1 aromatic carbocycles. The lowest BCUT2D eigenvalue weighted by Gasteiger charge is -2.28. The molecular weight excluding hydrogens is 336 g/mol. The number of urea groups is 1. The first kappa shape index (κ1) is 19.2. The minimum Gasteiger partial charge on any atom is -0.357 e. The van der Waals surface area contributed by atoms with Gasteiger partial charge in [0.2, 0.25) is 0 Å². The molecule has 0 atom stereocenters. The summed E-state index contributed by atoms with van der Waals surface area (Å²) in [6, 6.07) is 14.2. The first-order valence-electron chi connectivity index (χ1n) is 9.82. The van der Waals surface area contributed by atoms with E-state index in [4.69, 9.17) is 0 Å². The number of anilines is 1. The average molecular weight is 367 g/mol. The van der Waals surface area contributed by atoms with Gasteiger partial charge in [-0.25, -0.2) is 9.78 Å². The number of carbonyl (C=O) groups excluding carboxylic acids is 1. The molecule has 3 rings (SSSR count). The van der Waals surface area contributed by atoms with Gasteiger partial charge in [0.1, 0.15) is 5.82 Å². The van der Waals surface area contributed by atoms with Crippen molar-refractivity contribution >= 4 is 11.8 Å². The molecule has 1 saturated heterocycles. The molecule has 0 spiro atoms. The molecule has 0 aliphatic carbocycles. The SMILES string of the molecule is CC(C)(CNC(=O)NCc1ccnc(N2CCCCC2)c1)c1ccccc1. The van der Waals surface area contributed by atoms with Crippen molar-refractivity contribution in [1.82, 2.24) is 15.6 Å². The van der Waals surface area contributed by atoms with E-state index in [-0.39, 0.29) is 11.4 Å². The fraction of sp³-hybridized carbons (Fsp3) is 0.455. The van der Waals surface area contributed by atoms with Crippen LogP contribution in [-0.2, 0) is 12.0 Å². The van der Waals surface area contributed by atoms with E-state index in [0.29, 0.717) is 13.1 Å². The molecule has 2 heterocycles. The van der Waals surface area contributed by atoms with Gasteiger partial charge in [0.15, 0.2) is 0 Å². The first-order chi connectivity index (χ1) is 13.0. The smallest absolute Gasteiger partial charge is 0.315 e. The van der Waals surface area contributed by atoms with Gasteiger partial charge < -0.3 is 15.5 Å². The fourth-order valence-corrected chi connectivity index (χ4v) is 3.40. The minimum atomic E-state index is -0.143. The van der Waals surface area contributed by atoms with Crippen molar-refractivity contribution in [2.75, 3.05) is 24.5 Å². The molecule has 0 unspecified atom stereocenters.